The molecule has 12 heteroatoms. The van der Waals surface area contributed by atoms with Crippen molar-refractivity contribution in [2.75, 3.05) is 0 Å². The first-order valence-electron chi connectivity index (χ1n) is 4.64. The summed E-state index contributed by atoms with van der Waals surface area (Å²) >= 11 is 3.46. The van der Waals surface area contributed by atoms with E-state index in [0.717, 1.165) is 0 Å². The Morgan fingerprint density at radius 2 is 1.44 bits per heavy atom. The largest absolute Gasteiger partial charge is 0.483 e. The van der Waals surface area contributed by atoms with E-state index in [4.69, 9.17) is 0 Å². The van der Waals surface area contributed by atoms with Gasteiger partial charge in [-0.1, -0.05) is 0 Å². The fraction of sp³-hybridized carbons (Fsp3) is 1.00. The lowest BCUT2D eigenvalue weighted by Gasteiger charge is -2.56. The van der Waals surface area contributed by atoms with Crippen molar-refractivity contribution in [1.82, 2.24) is 0 Å². The standard InChI is InChI=1S/C6H9O10PS/c7-1-2(8)4(10,18)6(12)5(11)3(1,9)14-17(13,15-5)16-6/h1-2,7-12,18H/t1-,2-,3-,4+,5+,6-,17?/m1/s1. The van der Waals surface area contributed by atoms with E-state index in [1.165, 1.54) is 0 Å². The van der Waals surface area contributed by atoms with E-state index in [0.29, 0.717) is 0 Å². The van der Waals surface area contributed by atoms with Crippen molar-refractivity contribution in [3.8, 4) is 0 Å². The Labute approximate surface area is 104 Å². The number of phosphoric ester groups is 1. The van der Waals surface area contributed by atoms with Crippen LogP contribution in [0.2, 0.25) is 0 Å². The van der Waals surface area contributed by atoms with Crippen LogP contribution in [0.5, 0.6) is 0 Å². The van der Waals surface area contributed by atoms with E-state index in [9.17, 15) is 35.2 Å². The second kappa shape index (κ2) is 2.95. The Morgan fingerprint density at radius 1 is 0.944 bits per heavy atom. The van der Waals surface area contributed by atoms with E-state index in [1.54, 1.807) is 0 Å². The summed E-state index contributed by atoms with van der Waals surface area (Å²) in [5, 5.41) is 58.9. The van der Waals surface area contributed by atoms with E-state index >= 15 is 0 Å². The number of rotatable bonds is 0. The van der Waals surface area contributed by atoms with Crippen molar-refractivity contribution in [2.45, 2.75) is 34.5 Å². The molecule has 1 saturated carbocycles. The predicted molar refractivity (Wildman–Crippen MR) is 51.7 cm³/mol. The molecule has 7 atom stereocenters. The van der Waals surface area contributed by atoms with Gasteiger partial charge in [-0.25, -0.2) is 18.1 Å². The quantitative estimate of drug-likeness (QED) is 0.136. The third kappa shape index (κ3) is 1.00. The van der Waals surface area contributed by atoms with Gasteiger partial charge in [0.15, 0.2) is 4.93 Å². The van der Waals surface area contributed by atoms with Crippen LogP contribution in [-0.4, -0.2) is 65.1 Å². The van der Waals surface area contributed by atoms with E-state index in [2.05, 4.69) is 26.2 Å². The number of phosphoric acid groups is 1. The van der Waals surface area contributed by atoms with Crippen LogP contribution in [0.4, 0.5) is 0 Å². The van der Waals surface area contributed by atoms with Crippen molar-refractivity contribution in [3.05, 3.63) is 0 Å². The molecule has 2 aliphatic heterocycles. The van der Waals surface area contributed by atoms with E-state index in [1.807, 2.05) is 0 Å². The molecule has 0 spiro atoms. The summed E-state index contributed by atoms with van der Waals surface area (Å²) in [5.74, 6) is -9.71. The first-order chi connectivity index (χ1) is 7.94. The highest BCUT2D eigenvalue weighted by molar-refractivity contribution is 7.81. The van der Waals surface area contributed by atoms with Gasteiger partial charge in [-0.15, -0.1) is 12.6 Å². The number of aliphatic hydroxyl groups excluding tert-OH is 2. The van der Waals surface area contributed by atoms with Crippen LogP contribution in [0.1, 0.15) is 0 Å². The molecular weight excluding hydrogens is 295 g/mol. The highest BCUT2D eigenvalue weighted by Crippen LogP contribution is 2.78. The Kier molecular flexibility index (Phi) is 2.16. The van der Waals surface area contributed by atoms with Gasteiger partial charge in [-0.05, 0) is 0 Å². The van der Waals surface area contributed by atoms with Crippen molar-refractivity contribution >= 4 is 20.5 Å². The molecule has 0 aromatic rings. The van der Waals surface area contributed by atoms with Gasteiger partial charge in [0.25, 0.3) is 17.4 Å². The van der Waals surface area contributed by atoms with Crippen molar-refractivity contribution < 1.29 is 48.8 Å². The van der Waals surface area contributed by atoms with Crippen LogP contribution in [0, 0.1) is 0 Å². The van der Waals surface area contributed by atoms with Gasteiger partial charge in [0, 0.05) is 0 Å². The topological polar surface area (TPSA) is 166 Å². The summed E-state index contributed by atoms with van der Waals surface area (Å²) in [6.45, 7) is 0. The molecule has 18 heavy (non-hydrogen) atoms. The molecule has 10 nitrogen and oxygen atoms in total. The molecule has 2 heterocycles. The maximum Gasteiger partial charge on any atom is 0.483 e. The van der Waals surface area contributed by atoms with Crippen LogP contribution in [-0.2, 0) is 18.1 Å². The summed E-state index contributed by atoms with van der Waals surface area (Å²) < 4.78 is 24.8. The third-order valence-corrected chi connectivity index (χ3v) is 5.34. The number of fused-ring (bicyclic) bond motifs is 1. The predicted octanol–water partition coefficient (Wildman–Crippen LogP) is -3.41. The Hall–Kier alpha value is 0.220. The average molecular weight is 304 g/mol. The normalized spacial score (nSPS) is 70.6. The van der Waals surface area contributed by atoms with Gasteiger partial charge in [0.2, 0.25) is 0 Å². The average Bonchev–Trinajstić information content (AvgIpc) is 2.56. The van der Waals surface area contributed by atoms with Gasteiger partial charge in [-0.2, -0.15) is 0 Å². The lowest BCUT2D eigenvalue weighted by Crippen LogP contribution is -2.85. The molecule has 0 aromatic heterocycles. The Morgan fingerprint density at radius 3 is 1.94 bits per heavy atom. The molecule has 3 rings (SSSR count). The zero-order valence-corrected chi connectivity index (χ0v) is 10.2. The smallest absolute Gasteiger partial charge is 0.386 e. The summed E-state index contributed by atoms with van der Waals surface area (Å²) in [6.07, 6.45) is -4.67. The number of aliphatic hydroxyl groups is 6. The summed E-state index contributed by atoms with van der Waals surface area (Å²) in [7, 11) is -4.62. The fourth-order valence-corrected chi connectivity index (χ4v) is 4.51. The van der Waals surface area contributed by atoms with Crippen LogP contribution in [0.3, 0.4) is 0 Å². The maximum absolute atomic E-state index is 11.7. The second-order valence-corrected chi connectivity index (χ2v) is 6.45. The molecule has 0 radical (unpaired) electrons. The highest BCUT2D eigenvalue weighted by atomic mass is 32.1. The molecule has 3 fully saturated rings. The maximum atomic E-state index is 11.7. The van der Waals surface area contributed by atoms with Crippen LogP contribution in [0.15, 0.2) is 0 Å². The molecule has 1 aliphatic carbocycles. The van der Waals surface area contributed by atoms with Crippen molar-refractivity contribution in [1.29, 1.82) is 0 Å². The zero-order chi connectivity index (χ0) is 13.8. The lowest BCUT2D eigenvalue weighted by molar-refractivity contribution is -0.473. The van der Waals surface area contributed by atoms with Gasteiger partial charge < -0.3 is 30.6 Å². The number of hydrogen-bond acceptors (Lipinski definition) is 11. The van der Waals surface area contributed by atoms with Crippen LogP contribution in [0.25, 0.3) is 0 Å². The molecule has 2 saturated heterocycles. The minimum Gasteiger partial charge on any atom is -0.386 e. The molecule has 0 amide bonds. The van der Waals surface area contributed by atoms with Gasteiger partial charge >= 0.3 is 7.82 Å². The Bertz CT molecular complexity index is 481. The molecular formula is C6H9O10PS. The minimum atomic E-state index is -4.62. The van der Waals surface area contributed by atoms with Crippen LogP contribution >= 0.6 is 20.5 Å². The zero-order valence-electron chi connectivity index (χ0n) is 8.37. The van der Waals surface area contributed by atoms with Crippen molar-refractivity contribution in [2.24, 2.45) is 0 Å². The summed E-state index contributed by atoms with van der Waals surface area (Å²) in [5.41, 5.74) is 0. The fourth-order valence-electron chi connectivity index (χ4n) is 2.25. The van der Waals surface area contributed by atoms with Crippen molar-refractivity contribution in [3.63, 3.8) is 0 Å². The second-order valence-electron chi connectivity index (χ2n) is 4.32. The summed E-state index contributed by atoms with van der Waals surface area (Å²) in [4.78, 5) is -2.98. The monoisotopic (exact) mass is 304 g/mol. The summed E-state index contributed by atoms with van der Waals surface area (Å²) in [6, 6.07) is 0. The highest BCUT2D eigenvalue weighted by Gasteiger charge is 2.93. The molecule has 2 bridgehead atoms. The third-order valence-electron chi connectivity index (χ3n) is 3.29. The van der Waals surface area contributed by atoms with E-state index < -0.39 is 42.3 Å². The molecule has 6 N–H and O–H groups in total. The first kappa shape index (κ1) is 13.2. The molecule has 0 aromatic carbocycles. The lowest BCUT2D eigenvalue weighted by atomic mass is 9.76. The Balaban J connectivity index is 2.29. The molecule has 3 aliphatic rings. The first-order valence-corrected chi connectivity index (χ1v) is 6.55. The molecule has 1 unspecified atom stereocenters. The molecule has 104 valence electrons. The SMILES string of the molecule is O=P12O[C@@]3(O)[C@@](O)(O1)[C@](O)(O2)[C@H](O)[C@@H](O)[C@]3(O)S. The minimum absolute atomic E-state index is 2.30. The van der Waals surface area contributed by atoms with E-state index in [-0.39, 0.29) is 0 Å². The van der Waals surface area contributed by atoms with Gasteiger partial charge in [0.1, 0.15) is 12.2 Å². The number of thiol groups is 1. The van der Waals surface area contributed by atoms with Crippen LogP contribution < -0.4 is 0 Å². The van der Waals surface area contributed by atoms with Gasteiger partial charge in [-0.3, -0.25) is 0 Å². The van der Waals surface area contributed by atoms with Gasteiger partial charge in [0.05, 0.1) is 0 Å². The number of hydrogen-bond donors (Lipinski definition) is 7.